The first kappa shape index (κ1) is 9.02. The van der Waals surface area contributed by atoms with E-state index < -0.39 is 0 Å². The van der Waals surface area contributed by atoms with E-state index >= 15 is 0 Å². The third kappa shape index (κ3) is 1.46. The van der Waals surface area contributed by atoms with Crippen LogP contribution in [0.15, 0.2) is 18.2 Å². The van der Waals surface area contributed by atoms with Gasteiger partial charge in [-0.25, -0.2) is 0 Å². The Bertz CT molecular complexity index is 431. The summed E-state index contributed by atoms with van der Waals surface area (Å²) in [5.74, 6) is 0.697. The largest absolute Gasteiger partial charge is 0.382 e. The SMILES string of the molecule is CC1C=Cc2cc3c(cc2C1)CC(C)N3. The summed E-state index contributed by atoms with van der Waals surface area (Å²) in [6.45, 7) is 4.53. The van der Waals surface area contributed by atoms with E-state index in [1.54, 1.807) is 0 Å². The van der Waals surface area contributed by atoms with E-state index in [-0.39, 0.29) is 0 Å². The minimum Gasteiger partial charge on any atom is -0.382 e. The third-order valence-electron chi connectivity index (χ3n) is 3.44. The van der Waals surface area contributed by atoms with Crippen LogP contribution in [0.3, 0.4) is 0 Å². The molecule has 1 heterocycles. The lowest BCUT2D eigenvalue weighted by atomic mass is 9.89. The van der Waals surface area contributed by atoms with Gasteiger partial charge in [0, 0.05) is 11.7 Å². The van der Waals surface area contributed by atoms with E-state index in [1.807, 2.05) is 0 Å². The fraction of sp³-hybridized carbons (Fsp3) is 0.429. The second-order valence-corrected chi connectivity index (χ2v) is 5.00. The Kier molecular flexibility index (Phi) is 1.88. The second-order valence-electron chi connectivity index (χ2n) is 5.00. The lowest BCUT2D eigenvalue weighted by molar-refractivity contribution is 0.716. The van der Waals surface area contributed by atoms with Gasteiger partial charge in [-0.1, -0.05) is 25.1 Å². The minimum absolute atomic E-state index is 0.602. The van der Waals surface area contributed by atoms with E-state index in [1.165, 1.54) is 35.2 Å². The van der Waals surface area contributed by atoms with E-state index in [0.29, 0.717) is 12.0 Å². The summed E-state index contributed by atoms with van der Waals surface area (Å²) in [4.78, 5) is 0. The molecule has 1 heteroatoms. The highest BCUT2D eigenvalue weighted by Crippen LogP contribution is 2.32. The molecule has 1 N–H and O–H groups in total. The van der Waals surface area contributed by atoms with Crippen molar-refractivity contribution in [2.45, 2.75) is 32.7 Å². The zero-order chi connectivity index (χ0) is 10.4. The standard InChI is InChI=1S/C14H17N/c1-9-3-4-11-8-14-13(6-10(2)15-14)7-12(11)5-9/h3-4,7-10,15H,5-6H2,1-2H3. The first-order chi connectivity index (χ1) is 7.22. The molecule has 1 nitrogen and oxygen atoms in total. The van der Waals surface area contributed by atoms with Crippen LogP contribution in [-0.2, 0) is 12.8 Å². The maximum atomic E-state index is 3.52. The number of fused-ring (bicyclic) bond motifs is 2. The summed E-state index contributed by atoms with van der Waals surface area (Å²) in [5.41, 5.74) is 5.79. The Balaban J connectivity index is 2.07. The maximum absolute atomic E-state index is 3.52. The van der Waals surface area contributed by atoms with E-state index in [2.05, 4.69) is 43.4 Å². The molecule has 0 bridgehead atoms. The number of allylic oxidation sites excluding steroid dienone is 1. The number of nitrogens with one attached hydrogen (secondary N) is 1. The van der Waals surface area contributed by atoms with Crippen LogP contribution in [0.1, 0.15) is 30.5 Å². The number of benzene rings is 1. The van der Waals surface area contributed by atoms with Crippen LogP contribution >= 0.6 is 0 Å². The normalized spacial score (nSPS) is 27.1. The van der Waals surface area contributed by atoms with Crippen molar-refractivity contribution in [3.8, 4) is 0 Å². The van der Waals surface area contributed by atoms with Gasteiger partial charge < -0.3 is 5.32 Å². The predicted octanol–water partition coefficient (Wildman–Crippen LogP) is 3.25. The number of anilines is 1. The summed E-state index contributed by atoms with van der Waals surface area (Å²) in [6.07, 6.45) is 6.97. The van der Waals surface area contributed by atoms with Gasteiger partial charge in [-0.3, -0.25) is 0 Å². The van der Waals surface area contributed by atoms with Crippen LogP contribution in [0.5, 0.6) is 0 Å². The van der Waals surface area contributed by atoms with Crippen molar-refractivity contribution in [3.05, 3.63) is 34.9 Å². The Morgan fingerprint density at radius 1 is 1.13 bits per heavy atom. The van der Waals surface area contributed by atoms with Crippen molar-refractivity contribution in [2.75, 3.05) is 5.32 Å². The van der Waals surface area contributed by atoms with Crippen molar-refractivity contribution in [2.24, 2.45) is 5.92 Å². The highest BCUT2D eigenvalue weighted by molar-refractivity contribution is 5.68. The van der Waals surface area contributed by atoms with Gasteiger partial charge >= 0.3 is 0 Å². The van der Waals surface area contributed by atoms with Crippen LogP contribution in [0.25, 0.3) is 6.08 Å². The molecule has 1 aliphatic heterocycles. The van der Waals surface area contributed by atoms with Crippen molar-refractivity contribution >= 4 is 11.8 Å². The summed E-state index contributed by atoms with van der Waals surface area (Å²) < 4.78 is 0. The zero-order valence-corrected chi connectivity index (χ0v) is 9.38. The van der Waals surface area contributed by atoms with E-state index in [4.69, 9.17) is 0 Å². The van der Waals surface area contributed by atoms with Crippen LogP contribution in [0, 0.1) is 5.92 Å². The molecular formula is C14H17N. The van der Waals surface area contributed by atoms with Crippen molar-refractivity contribution < 1.29 is 0 Å². The number of rotatable bonds is 0. The lowest BCUT2D eigenvalue weighted by Crippen LogP contribution is -2.08. The van der Waals surface area contributed by atoms with Crippen molar-refractivity contribution in [3.63, 3.8) is 0 Å². The van der Waals surface area contributed by atoms with Gasteiger partial charge in [0.05, 0.1) is 0 Å². The molecule has 0 amide bonds. The monoisotopic (exact) mass is 199 g/mol. The van der Waals surface area contributed by atoms with Gasteiger partial charge in [0.15, 0.2) is 0 Å². The molecule has 0 radical (unpaired) electrons. The molecular weight excluding hydrogens is 182 g/mol. The molecule has 1 aromatic rings. The summed E-state index contributed by atoms with van der Waals surface area (Å²) >= 11 is 0. The van der Waals surface area contributed by atoms with Gasteiger partial charge in [0.2, 0.25) is 0 Å². The highest BCUT2D eigenvalue weighted by atomic mass is 14.9. The average Bonchev–Trinajstić information content (AvgIpc) is 2.53. The summed E-state index contributed by atoms with van der Waals surface area (Å²) in [5, 5.41) is 3.52. The van der Waals surface area contributed by atoms with Crippen molar-refractivity contribution in [1.82, 2.24) is 0 Å². The molecule has 3 rings (SSSR count). The molecule has 0 spiro atoms. The van der Waals surface area contributed by atoms with Crippen LogP contribution in [0.2, 0.25) is 0 Å². The molecule has 2 unspecified atom stereocenters. The van der Waals surface area contributed by atoms with E-state index in [0.717, 1.165) is 0 Å². The molecule has 1 aliphatic carbocycles. The predicted molar refractivity (Wildman–Crippen MR) is 65.1 cm³/mol. The van der Waals surface area contributed by atoms with Gasteiger partial charge in [-0.15, -0.1) is 0 Å². The minimum atomic E-state index is 0.602. The average molecular weight is 199 g/mol. The quantitative estimate of drug-likeness (QED) is 0.676. The van der Waals surface area contributed by atoms with Gasteiger partial charge in [-0.05, 0) is 48.4 Å². The molecule has 1 aromatic carbocycles. The molecule has 0 aromatic heterocycles. The Hall–Kier alpha value is -1.24. The lowest BCUT2D eigenvalue weighted by Gasteiger charge is -2.17. The first-order valence-electron chi connectivity index (χ1n) is 5.83. The number of hydrogen-bond acceptors (Lipinski definition) is 1. The van der Waals surface area contributed by atoms with E-state index in [9.17, 15) is 0 Å². The summed E-state index contributed by atoms with van der Waals surface area (Å²) in [7, 11) is 0. The number of hydrogen-bond donors (Lipinski definition) is 1. The fourth-order valence-electron chi connectivity index (χ4n) is 2.68. The molecule has 78 valence electrons. The molecule has 0 fully saturated rings. The zero-order valence-electron chi connectivity index (χ0n) is 9.38. The highest BCUT2D eigenvalue weighted by Gasteiger charge is 2.20. The smallest absolute Gasteiger partial charge is 0.0381 e. The molecule has 2 aliphatic rings. The molecule has 0 saturated heterocycles. The third-order valence-corrected chi connectivity index (χ3v) is 3.44. The van der Waals surface area contributed by atoms with Gasteiger partial charge in [0.1, 0.15) is 0 Å². The van der Waals surface area contributed by atoms with Crippen molar-refractivity contribution in [1.29, 1.82) is 0 Å². The topological polar surface area (TPSA) is 12.0 Å². The van der Waals surface area contributed by atoms with Gasteiger partial charge in [0.25, 0.3) is 0 Å². The van der Waals surface area contributed by atoms with Crippen LogP contribution < -0.4 is 5.32 Å². The Morgan fingerprint density at radius 2 is 2.00 bits per heavy atom. The Morgan fingerprint density at radius 3 is 2.87 bits per heavy atom. The maximum Gasteiger partial charge on any atom is 0.0381 e. The van der Waals surface area contributed by atoms with Crippen LogP contribution in [-0.4, -0.2) is 6.04 Å². The first-order valence-corrected chi connectivity index (χ1v) is 5.83. The second kappa shape index (κ2) is 3.13. The van der Waals surface area contributed by atoms with Gasteiger partial charge in [-0.2, -0.15) is 0 Å². The molecule has 2 atom stereocenters. The molecule has 15 heavy (non-hydrogen) atoms. The van der Waals surface area contributed by atoms with Crippen LogP contribution in [0.4, 0.5) is 5.69 Å². The Labute approximate surface area is 91.2 Å². The fourth-order valence-corrected chi connectivity index (χ4v) is 2.68. The molecule has 0 saturated carbocycles. The summed E-state index contributed by atoms with van der Waals surface area (Å²) in [6, 6.07) is 5.32.